The van der Waals surface area contributed by atoms with Crippen LogP contribution < -0.4 is 10.6 Å². The summed E-state index contributed by atoms with van der Waals surface area (Å²) >= 11 is 0. The van der Waals surface area contributed by atoms with Crippen molar-refractivity contribution in [2.75, 3.05) is 19.7 Å². The van der Waals surface area contributed by atoms with E-state index in [1.165, 1.54) is 0 Å². The van der Waals surface area contributed by atoms with Crippen molar-refractivity contribution in [3.63, 3.8) is 0 Å². The van der Waals surface area contributed by atoms with E-state index in [1.807, 2.05) is 0 Å². The van der Waals surface area contributed by atoms with Crippen molar-refractivity contribution in [1.82, 2.24) is 10.6 Å². The third-order valence-corrected chi connectivity index (χ3v) is 4.42. The topological polar surface area (TPSA) is 67.4 Å². The zero-order valence-electron chi connectivity index (χ0n) is 12.6. The molecule has 0 radical (unpaired) electrons. The lowest BCUT2D eigenvalue weighted by Crippen LogP contribution is -2.39. The van der Waals surface area contributed by atoms with Gasteiger partial charge in [0.25, 0.3) is 0 Å². The molecule has 2 N–H and O–H groups in total. The summed E-state index contributed by atoms with van der Waals surface area (Å²) in [6, 6.07) is 0. The fourth-order valence-corrected chi connectivity index (χ4v) is 3.10. The molecule has 0 aromatic heterocycles. The summed E-state index contributed by atoms with van der Waals surface area (Å²) in [4.78, 5) is 24.0. The molecule has 2 aliphatic rings. The van der Waals surface area contributed by atoms with Crippen molar-refractivity contribution in [2.45, 2.75) is 44.6 Å². The lowest BCUT2D eigenvalue weighted by molar-refractivity contribution is -0.130. The quantitative estimate of drug-likeness (QED) is 0.728. The molecule has 0 aromatic rings. The Kier molecular flexibility index (Phi) is 6.23. The van der Waals surface area contributed by atoms with Crippen molar-refractivity contribution >= 4 is 11.8 Å². The first-order valence-corrected chi connectivity index (χ1v) is 7.98. The van der Waals surface area contributed by atoms with E-state index in [0.717, 1.165) is 45.1 Å². The maximum atomic E-state index is 12.1. The Morgan fingerprint density at radius 1 is 1.05 bits per heavy atom. The summed E-state index contributed by atoms with van der Waals surface area (Å²) in [6.07, 6.45) is 7.17. The minimum Gasteiger partial charge on any atom is -0.376 e. The number of rotatable bonds is 6. The average molecular weight is 294 g/mol. The average Bonchev–Trinajstić information content (AvgIpc) is 3.04. The molecule has 2 fully saturated rings. The molecule has 1 aliphatic heterocycles. The van der Waals surface area contributed by atoms with Crippen LogP contribution in [-0.4, -0.2) is 37.6 Å². The van der Waals surface area contributed by atoms with Gasteiger partial charge in [-0.2, -0.15) is 0 Å². The van der Waals surface area contributed by atoms with Crippen molar-refractivity contribution in [3.8, 4) is 0 Å². The van der Waals surface area contributed by atoms with Gasteiger partial charge in [0.2, 0.25) is 11.8 Å². The van der Waals surface area contributed by atoms with Gasteiger partial charge in [0.1, 0.15) is 0 Å². The van der Waals surface area contributed by atoms with Crippen LogP contribution in [0.3, 0.4) is 0 Å². The lowest BCUT2D eigenvalue weighted by Gasteiger charge is -2.27. The van der Waals surface area contributed by atoms with Gasteiger partial charge >= 0.3 is 0 Å². The summed E-state index contributed by atoms with van der Waals surface area (Å²) in [6.45, 7) is 5.54. The maximum absolute atomic E-state index is 12.1. The predicted octanol–water partition coefficient (Wildman–Crippen LogP) is 1.39. The number of amides is 2. The third kappa shape index (κ3) is 4.84. The van der Waals surface area contributed by atoms with Gasteiger partial charge in [-0.05, 0) is 38.5 Å². The highest BCUT2D eigenvalue weighted by atomic mass is 16.5. The second-order valence-electron chi connectivity index (χ2n) is 5.96. The number of carbonyl (C=O) groups excluding carboxylic acids is 2. The molecule has 5 heteroatoms. The van der Waals surface area contributed by atoms with Gasteiger partial charge in [0.05, 0.1) is 6.10 Å². The number of nitrogens with one attached hydrogen (secondary N) is 2. The molecule has 1 heterocycles. The van der Waals surface area contributed by atoms with Gasteiger partial charge in [-0.25, -0.2) is 0 Å². The minimum atomic E-state index is 0.0483. The van der Waals surface area contributed by atoms with Crippen molar-refractivity contribution in [3.05, 3.63) is 12.7 Å². The van der Waals surface area contributed by atoms with Gasteiger partial charge < -0.3 is 15.4 Å². The Morgan fingerprint density at radius 3 is 2.19 bits per heavy atom. The molecule has 5 nitrogen and oxygen atoms in total. The van der Waals surface area contributed by atoms with E-state index in [4.69, 9.17) is 4.74 Å². The normalized spacial score (nSPS) is 28.9. The molecule has 1 saturated carbocycles. The molecule has 1 aliphatic carbocycles. The van der Waals surface area contributed by atoms with Gasteiger partial charge in [-0.1, -0.05) is 6.08 Å². The first kappa shape index (κ1) is 16.0. The van der Waals surface area contributed by atoms with Crippen LogP contribution in [0.15, 0.2) is 12.7 Å². The Morgan fingerprint density at radius 2 is 1.67 bits per heavy atom. The van der Waals surface area contributed by atoms with Crippen LogP contribution in [0.2, 0.25) is 0 Å². The molecular formula is C16H26N2O3. The van der Waals surface area contributed by atoms with E-state index in [2.05, 4.69) is 17.2 Å². The molecular weight excluding hydrogens is 268 g/mol. The van der Waals surface area contributed by atoms with Crippen LogP contribution in [0.25, 0.3) is 0 Å². The first-order chi connectivity index (χ1) is 10.2. The molecule has 2 amide bonds. The van der Waals surface area contributed by atoms with Crippen LogP contribution in [0.4, 0.5) is 0 Å². The number of carbonyl (C=O) groups is 2. The second kappa shape index (κ2) is 8.17. The molecule has 0 bridgehead atoms. The van der Waals surface area contributed by atoms with Crippen molar-refractivity contribution in [1.29, 1.82) is 0 Å². The van der Waals surface area contributed by atoms with Gasteiger partial charge in [-0.3, -0.25) is 9.59 Å². The summed E-state index contributed by atoms with van der Waals surface area (Å²) in [5.74, 6) is 0.311. The van der Waals surface area contributed by atoms with E-state index in [-0.39, 0.29) is 29.8 Å². The SMILES string of the molecule is C=CCNC(=O)C1CCC(C(=O)NCC2CCCO2)CC1. The summed E-state index contributed by atoms with van der Waals surface area (Å²) in [7, 11) is 0. The standard InChI is InChI=1S/C16H26N2O3/c1-2-9-17-15(19)12-5-7-13(8-6-12)16(20)18-11-14-4-3-10-21-14/h2,12-14H,1,3-11H2,(H,17,19)(H,18,20). The van der Waals surface area contributed by atoms with Gasteiger partial charge in [0, 0.05) is 31.5 Å². The van der Waals surface area contributed by atoms with E-state index < -0.39 is 0 Å². The predicted molar refractivity (Wildman–Crippen MR) is 80.6 cm³/mol. The number of hydrogen-bond acceptors (Lipinski definition) is 3. The Balaban J connectivity index is 1.66. The first-order valence-electron chi connectivity index (χ1n) is 7.98. The zero-order chi connectivity index (χ0) is 15.1. The summed E-state index contributed by atoms with van der Waals surface area (Å²) in [5, 5.41) is 5.83. The molecule has 21 heavy (non-hydrogen) atoms. The monoisotopic (exact) mass is 294 g/mol. The number of ether oxygens (including phenoxy) is 1. The molecule has 0 spiro atoms. The third-order valence-electron chi connectivity index (χ3n) is 4.42. The molecule has 118 valence electrons. The van der Waals surface area contributed by atoms with Crippen LogP contribution in [0, 0.1) is 11.8 Å². The van der Waals surface area contributed by atoms with Crippen molar-refractivity contribution in [2.24, 2.45) is 11.8 Å². The van der Waals surface area contributed by atoms with E-state index in [0.29, 0.717) is 13.1 Å². The van der Waals surface area contributed by atoms with Crippen LogP contribution >= 0.6 is 0 Å². The summed E-state index contributed by atoms with van der Waals surface area (Å²) < 4.78 is 5.50. The maximum Gasteiger partial charge on any atom is 0.223 e. The zero-order valence-corrected chi connectivity index (χ0v) is 12.6. The van der Waals surface area contributed by atoms with E-state index in [9.17, 15) is 9.59 Å². The van der Waals surface area contributed by atoms with Gasteiger partial charge in [0.15, 0.2) is 0 Å². The molecule has 1 saturated heterocycles. The number of hydrogen-bond donors (Lipinski definition) is 2. The smallest absolute Gasteiger partial charge is 0.223 e. The molecule has 1 unspecified atom stereocenters. The highest BCUT2D eigenvalue weighted by Crippen LogP contribution is 2.29. The van der Waals surface area contributed by atoms with Crippen molar-refractivity contribution < 1.29 is 14.3 Å². The molecule has 2 rings (SSSR count). The van der Waals surface area contributed by atoms with E-state index >= 15 is 0 Å². The summed E-state index contributed by atoms with van der Waals surface area (Å²) in [5.41, 5.74) is 0. The van der Waals surface area contributed by atoms with E-state index in [1.54, 1.807) is 6.08 Å². The Labute approximate surface area is 126 Å². The van der Waals surface area contributed by atoms with Crippen LogP contribution in [0.5, 0.6) is 0 Å². The highest BCUT2D eigenvalue weighted by Gasteiger charge is 2.30. The lowest BCUT2D eigenvalue weighted by atomic mass is 9.81. The Bertz CT molecular complexity index is 370. The molecule has 0 aromatic carbocycles. The largest absolute Gasteiger partial charge is 0.376 e. The van der Waals surface area contributed by atoms with Crippen LogP contribution in [0.1, 0.15) is 38.5 Å². The minimum absolute atomic E-state index is 0.0483. The van der Waals surface area contributed by atoms with Crippen LogP contribution in [-0.2, 0) is 14.3 Å². The second-order valence-corrected chi connectivity index (χ2v) is 5.96. The fraction of sp³-hybridized carbons (Fsp3) is 0.750. The fourth-order valence-electron chi connectivity index (χ4n) is 3.10. The molecule has 1 atom stereocenters. The highest BCUT2D eigenvalue weighted by molar-refractivity contribution is 5.81. The Hall–Kier alpha value is -1.36. The van der Waals surface area contributed by atoms with Gasteiger partial charge in [-0.15, -0.1) is 6.58 Å².